The van der Waals surface area contributed by atoms with Crippen LogP contribution in [0.4, 0.5) is 0 Å². The molecular formula is C13H19ClN2O3S. The van der Waals surface area contributed by atoms with Crippen LogP contribution in [0.2, 0.25) is 0 Å². The number of hydrogen-bond acceptors (Lipinski definition) is 4. The molecule has 112 valence electrons. The zero-order valence-corrected chi connectivity index (χ0v) is 13.0. The number of amides is 1. The van der Waals surface area contributed by atoms with Gasteiger partial charge in [-0.3, -0.25) is 4.79 Å². The summed E-state index contributed by atoms with van der Waals surface area (Å²) >= 11 is 0. The van der Waals surface area contributed by atoms with E-state index in [-0.39, 0.29) is 30.0 Å². The zero-order chi connectivity index (χ0) is 14.2. The number of nitrogens with one attached hydrogen (secondary N) is 1. The van der Waals surface area contributed by atoms with E-state index in [1.165, 1.54) is 0 Å². The highest BCUT2D eigenvalue weighted by molar-refractivity contribution is 7.91. The Hall–Kier alpha value is -1.11. The molecule has 7 heteroatoms. The summed E-state index contributed by atoms with van der Waals surface area (Å²) in [5.74, 6) is -0.400. The summed E-state index contributed by atoms with van der Waals surface area (Å²) < 4.78 is 23.9. The largest absolute Gasteiger partial charge is 0.347 e. The molecular weight excluding hydrogens is 300 g/mol. The molecule has 0 bridgehead atoms. The van der Waals surface area contributed by atoms with Gasteiger partial charge in [0.25, 0.3) is 0 Å². The average Bonchev–Trinajstić information content (AvgIpc) is 2.60. The molecule has 2 atom stereocenters. The highest BCUT2D eigenvalue weighted by atomic mass is 35.5. The third-order valence-electron chi connectivity index (χ3n) is 3.35. The van der Waals surface area contributed by atoms with Crippen molar-refractivity contribution < 1.29 is 13.2 Å². The van der Waals surface area contributed by atoms with Crippen LogP contribution in [-0.4, -0.2) is 26.1 Å². The molecule has 0 saturated carbocycles. The smallest absolute Gasteiger partial charge is 0.237 e. The highest BCUT2D eigenvalue weighted by Crippen LogP contribution is 2.32. The monoisotopic (exact) mass is 318 g/mol. The topological polar surface area (TPSA) is 89.3 Å². The molecule has 1 amide bonds. The molecule has 3 N–H and O–H groups in total. The fourth-order valence-corrected chi connectivity index (χ4v) is 3.88. The Balaban J connectivity index is 0.00000200. The Kier molecular flexibility index (Phi) is 5.18. The molecule has 1 aromatic carbocycles. The minimum atomic E-state index is -3.30. The van der Waals surface area contributed by atoms with Crippen molar-refractivity contribution in [2.75, 3.05) is 5.75 Å². The van der Waals surface area contributed by atoms with Gasteiger partial charge in [0.15, 0.2) is 9.84 Å². The van der Waals surface area contributed by atoms with Gasteiger partial charge < -0.3 is 11.1 Å². The Labute approximate surface area is 125 Å². The molecule has 1 aliphatic heterocycles. The minimum Gasteiger partial charge on any atom is -0.347 e. The first-order valence-corrected chi connectivity index (χ1v) is 7.86. The summed E-state index contributed by atoms with van der Waals surface area (Å²) in [6, 6.07) is 5.61. The van der Waals surface area contributed by atoms with Crippen LogP contribution in [0.3, 0.4) is 0 Å². The van der Waals surface area contributed by atoms with Crippen molar-refractivity contribution in [3.63, 3.8) is 0 Å². The van der Waals surface area contributed by atoms with Crippen molar-refractivity contribution in [1.82, 2.24) is 5.32 Å². The van der Waals surface area contributed by atoms with E-state index < -0.39 is 21.9 Å². The lowest BCUT2D eigenvalue weighted by atomic mass is 10.0. The van der Waals surface area contributed by atoms with E-state index >= 15 is 0 Å². The Bertz CT molecular complexity index is 601. The number of carbonyl (C=O) groups is 1. The summed E-state index contributed by atoms with van der Waals surface area (Å²) in [5, 5.41) is 2.73. The van der Waals surface area contributed by atoms with Gasteiger partial charge in [0, 0.05) is 0 Å². The van der Waals surface area contributed by atoms with Gasteiger partial charge in [-0.05, 0) is 17.5 Å². The third kappa shape index (κ3) is 3.13. The van der Waals surface area contributed by atoms with Gasteiger partial charge in [0.05, 0.1) is 22.7 Å². The van der Waals surface area contributed by atoms with Gasteiger partial charge in [0.2, 0.25) is 5.91 Å². The van der Waals surface area contributed by atoms with Crippen LogP contribution in [0.25, 0.3) is 0 Å². The number of benzene rings is 1. The second-order valence-corrected chi connectivity index (χ2v) is 7.15. The molecule has 0 aromatic heterocycles. The second-order valence-electron chi connectivity index (χ2n) is 5.15. The number of fused-ring (bicyclic) bond motifs is 1. The molecule has 0 aliphatic carbocycles. The normalized spacial score (nSPS) is 20.9. The van der Waals surface area contributed by atoms with E-state index in [9.17, 15) is 13.2 Å². The van der Waals surface area contributed by atoms with Crippen LogP contribution in [-0.2, 0) is 14.6 Å². The van der Waals surface area contributed by atoms with Gasteiger partial charge in [-0.25, -0.2) is 8.42 Å². The average molecular weight is 319 g/mol. The molecule has 0 spiro atoms. The van der Waals surface area contributed by atoms with Crippen LogP contribution in [0, 0.1) is 5.92 Å². The van der Waals surface area contributed by atoms with Gasteiger partial charge in [-0.1, -0.05) is 32.0 Å². The molecule has 0 saturated heterocycles. The lowest BCUT2D eigenvalue weighted by Gasteiger charge is -2.19. The van der Waals surface area contributed by atoms with Crippen molar-refractivity contribution in [2.45, 2.75) is 30.8 Å². The molecule has 5 nitrogen and oxygen atoms in total. The zero-order valence-electron chi connectivity index (χ0n) is 11.4. The van der Waals surface area contributed by atoms with Crippen LogP contribution >= 0.6 is 12.4 Å². The van der Waals surface area contributed by atoms with E-state index in [2.05, 4.69) is 5.32 Å². The Morgan fingerprint density at radius 1 is 1.35 bits per heavy atom. The number of rotatable bonds is 3. The first-order chi connectivity index (χ1) is 8.83. The lowest BCUT2D eigenvalue weighted by molar-refractivity contribution is -0.123. The number of sulfone groups is 1. The molecule has 0 radical (unpaired) electrons. The van der Waals surface area contributed by atoms with Crippen LogP contribution in [0.1, 0.15) is 25.5 Å². The van der Waals surface area contributed by atoms with Crippen molar-refractivity contribution >= 4 is 28.2 Å². The highest BCUT2D eigenvalue weighted by Gasteiger charge is 2.36. The lowest BCUT2D eigenvalue weighted by Crippen LogP contribution is -2.45. The van der Waals surface area contributed by atoms with E-state index in [1.54, 1.807) is 24.3 Å². The SMILES string of the molecule is CC(C)[C@H](N)C(=O)NC1CS(=O)(=O)c2ccccc21.Cl. The molecule has 1 heterocycles. The fourth-order valence-electron chi connectivity index (χ4n) is 2.14. The maximum atomic E-state index is 12.0. The first-order valence-electron chi connectivity index (χ1n) is 6.20. The summed E-state index contributed by atoms with van der Waals surface area (Å²) in [4.78, 5) is 12.2. The number of carbonyl (C=O) groups excluding carboxylic acids is 1. The van der Waals surface area contributed by atoms with Crippen molar-refractivity contribution in [1.29, 1.82) is 0 Å². The van der Waals surface area contributed by atoms with E-state index in [0.717, 1.165) is 0 Å². The molecule has 1 unspecified atom stereocenters. The Morgan fingerprint density at radius 3 is 2.55 bits per heavy atom. The standard InChI is InChI=1S/C13H18N2O3S.ClH/c1-8(2)12(14)13(16)15-10-7-19(17,18)11-6-4-3-5-9(10)11;/h3-6,8,10,12H,7,14H2,1-2H3,(H,15,16);1H/t10?,12-;/m0./s1. The van der Waals surface area contributed by atoms with Crippen molar-refractivity contribution in [2.24, 2.45) is 11.7 Å². The van der Waals surface area contributed by atoms with Gasteiger partial charge in [-0.15, -0.1) is 12.4 Å². The quantitative estimate of drug-likeness (QED) is 0.871. The predicted octanol–water partition coefficient (Wildman–Crippen LogP) is 1.04. The van der Waals surface area contributed by atoms with Gasteiger partial charge >= 0.3 is 0 Å². The molecule has 1 aliphatic rings. The summed E-state index contributed by atoms with van der Waals surface area (Å²) in [6.45, 7) is 3.70. The first kappa shape index (κ1) is 16.9. The molecule has 1 aromatic rings. The number of halogens is 1. The fraction of sp³-hybridized carbons (Fsp3) is 0.462. The summed E-state index contributed by atoms with van der Waals surface area (Å²) in [5.41, 5.74) is 6.41. The van der Waals surface area contributed by atoms with E-state index in [0.29, 0.717) is 10.5 Å². The minimum absolute atomic E-state index is 0. The van der Waals surface area contributed by atoms with E-state index in [1.807, 2.05) is 13.8 Å². The number of hydrogen-bond donors (Lipinski definition) is 2. The van der Waals surface area contributed by atoms with Gasteiger partial charge in [-0.2, -0.15) is 0 Å². The van der Waals surface area contributed by atoms with E-state index in [4.69, 9.17) is 5.73 Å². The van der Waals surface area contributed by atoms with Crippen molar-refractivity contribution in [3.05, 3.63) is 29.8 Å². The third-order valence-corrected chi connectivity index (χ3v) is 5.17. The molecule has 0 fully saturated rings. The maximum Gasteiger partial charge on any atom is 0.237 e. The van der Waals surface area contributed by atoms with Crippen LogP contribution in [0.5, 0.6) is 0 Å². The second kappa shape index (κ2) is 6.11. The summed E-state index contributed by atoms with van der Waals surface area (Å²) in [7, 11) is -3.30. The van der Waals surface area contributed by atoms with Crippen LogP contribution in [0.15, 0.2) is 29.2 Å². The predicted molar refractivity (Wildman–Crippen MR) is 79.4 cm³/mol. The summed E-state index contributed by atoms with van der Waals surface area (Å²) in [6.07, 6.45) is 0. The number of nitrogens with two attached hydrogens (primary N) is 1. The molecule has 20 heavy (non-hydrogen) atoms. The Morgan fingerprint density at radius 2 is 1.95 bits per heavy atom. The van der Waals surface area contributed by atoms with Crippen LogP contribution < -0.4 is 11.1 Å². The van der Waals surface area contributed by atoms with Gasteiger partial charge in [0.1, 0.15) is 0 Å². The van der Waals surface area contributed by atoms with Crippen molar-refractivity contribution in [3.8, 4) is 0 Å². The maximum absolute atomic E-state index is 12.0. The molecule has 2 rings (SSSR count).